The fourth-order valence-electron chi connectivity index (χ4n) is 4.16. The summed E-state index contributed by atoms with van der Waals surface area (Å²) in [5.74, 6) is 1.45. The minimum atomic E-state index is -0.200. The summed E-state index contributed by atoms with van der Waals surface area (Å²) in [6.45, 7) is 4.09. The van der Waals surface area contributed by atoms with Gasteiger partial charge in [-0.25, -0.2) is 4.98 Å². The quantitative estimate of drug-likeness (QED) is 0.631. The van der Waals surface area contributed by atoms with E-state index >= 15 is 0 Å². The Bertz CT molecular complexity index is 1050. The average Bonchev–Trinajstić information content (AvgIpc) is 3.04. The van der Waals surface area contributed by atoms with Crippen molar-refractivity contribution in [3.05, 3.63) is 35.5 Å². The Morgan fingerprint density at radius 3 is 2.79 bits per heavy atom. The van der Waals surface area contributed by atoms with Crippen LogP contribution in [0.5, 0.6) is 0 Å². The summed E-state index contributed by atoms with van der Waals surface area (Å²) in [7, 11) is 1.91. The molecule has 0 N–H and O–H groups in total. The van der Waals surface area contributed by atoms with Gasteiger partial charge in [0.1, 0.15) is 12.0 Å². The van der Waals surface area contributed by atoms with Crippen LogP contribution in [0.15, 0.2) is 21.4 Å². The van der Waals surface area contributed by atoms with Gasteiger partial charge in [0.15, 0.2) is 5.89 Å². The minimum Gasteiger partial charge on any atom is -0.448 e. The zero-order valence-electron chi connectivity index (χ0n) is 16.8. The highest BCUT2D eigenvalue weighted by Crippen LogP contribution is 2.49. The standard InChI is InChI=1S/C20H24N6O3/c1-4-5-16-22-15(10-28-16)19-23-20(29-24-19)13-8-17(27)26(12-6-7-12)18(13)14-9-21-25(3)11(14)2/h9-10,12-13,18H,4-8H2,1-3H3/t13-,18-/m1/s1. The number of rotatable bonds is 6. The average molecular weight is 396 g/mol. The van der Waals surface area contributed by atoms with Gasteiger partial charge in [-0.1, -0.05) is 12.1 Å². The number of hydrogen-bond donors (Lipinski definition) is 0. The molecule has 1 amide bonds. The van der Waals surface area contributed by atoms with Crippen molar-refractivity contribution in [2.24, 2.45) is 7.05 Å². The van der Waals surface area contributed by atoms with Crippen molar-refractivity contribution >= 4 is 5.91 Å². The van der Waals surface area contributed by atoms with E-state index in [1.807, 2.05) is 29.7 Å². The summed E-state index contributed by atoms with van der Waals surface area (Å²) in [5.41, 5.74) is 2.64. The van der Waals surface area contributed by atoms with Crippen LogP contribution in [-0.2, 0) is 18.3 Å². The first-order valence-electron chi connectivity index (χ1n) is 10.1. The van der Waals surface area contributed by atoms with Gasteiger partial charge in [0.2, 0.25) is 17.6 Å². The van der Waals surface area contributed by atoms with Crippen LogP contribution in [0, 0.1) is 6.92 Å². The molecule has 0 spiro atoms. The van der Waals surface area contributed by atoms with Gasteiger partial charge < -0.3 is 13.8 Å². The first-order chi connectivity index (χ1) is 14.1. The summed E-state index contributed by atoms with van der Waals surface area (Å²) < 4.78 is 12.9. The van der Waals surface area contributed by atoms with Gasteiger partial charge in [-0.3, -0.25) is 9.48 Å². The van der Waals surface area contributed by atoms with E-state index < -0.39 is 0 Å². The zero-order chi connectivity index (χ0) is 20.1. The van der Waals surface area contributed by atoms with Crippen LogP contribution < -0.4 is 0 Å². The van der Waals surface area contributed by atoms with Gasteiger partial charge in [0, 0.05) is 37.2 Å². The number of aryl methyl sites for hydroxylation is 2. The second-order valence-corrected chi connectivity index (χ2v) is 7.93. The smallest absolute Gasteiger partial charge is 0.233 e. The van der Waals surface area contributed by atoms with E-state index in [0.29, 0.717) is 35.8 Å². The lowest BCUT2D eigenvalue weighted by Crippen LogP contribution is -2.31. The second kappa shape index (κ2) is 6.82. The molecule has 9 nitrogen and oxygen atoms in total. The van der Waals surface area contributed by atoms with Crippen LogP contribution in [0.25, 0.3) is 11.5 Å². The third-order valence-corrected chi connectivity index (χ3v) is 5.90. The van der Waals surface area contributed by atoms with E-state index in [4.69, 9.17) is 8.94 Å². The SMILES string of the molecule is CCCc1nc(-c2noc([C@@H]3CC(=O)N(C4CC4)[C@H]3c3cnn(C)c3C)n2)co1. The van der Waals surface area contributed by atoms with Gasteiger partial charge in [-0.2, -0.15) is 10.1 Å². The number of nitrogens with zero attached hydrogens (tertiary/aromatic N) is 6. The van der Waals surface area contributed by atoms with Gasteiger partial charge in [-0.15, -0.1) is 0 Å². The maximum atomic E-state index is 12.9. The van der Waals surface area contributed by atoms with E-state index in [1.54, 1.807) is 6.26 Å². The van der Waals surface area contributed by atoms with Crippen molar-refractivity contribution in [2.75, 3.05) is 0 Å². The Morgan fingerprint density at radius 1 is 1.28 bits per heavy atom. The van der Waals surface area contributed by atoms with Crippen molar-refractivity contribution in [2.45, 2.75) is 64.0 Å². The molecular formula is C20H24N6O3. The first kappa shape index (κ1) is 18.1. The molecule has 2 fully saturated rings. The highest BCUT2D eigenvalue weighted by Gasteiger charge is 2.50. The lowest BCUT2D eigenvalue weighted by molar-refractivity contribution is -0.129. The molecule has 29 heavy (non-hydrogen) atoms. The molecule has 3 aromatic heterocycles. The number of amides is 1. The van der Waals surface area contributed by atoms with Crippen LogP contribution in [0.3, 0.4) is 0 Å². The maximum Gasteiger partial charge on any atom is 0.233 e. The highest BCUT2D eigenvalue weighted by molar-refractivity contribution is 5.81. The molecule has 0 radical (unpaired) electrons. The van der Waals surface area contributed by atoms with Crippen LogP contribution in [0.1, 0.15) is 67.6 Å². The largest absolute Gasteiger partial charge is 0.448 e. The monoisotopic (exact) mass is 396 g/mol. The molecule has 0 aromatic carbocycles. The third kappa shape index (κ3) is 3.04. The first-order valence-corrected chi connectivity index (χ1v) is 10.1. The molecule has 152 valence electrons. The molecule has 1 saturated carbocycles. The Balaban J connectivity index is 1.49. The van der Waals surface area contributed by atoms with Crippen LogP contribution >= 0.6 is 0 Å². The number of hydrogen-bond acceptors (Lipinski definition) is 7. The van der Waals surface area contributed by atoms with Gasteiger partial charge in [0.25, 0.3) is 0 Å². The van der Waals surface area contributed by atoms with E-state index in [9.17, 15) is 4.79 Å². The molecule has 3 aromatic rings. The van der Waals surface area contributed by atoms with Gasteiger partial charge >= 0.3 is 0 Å². The normalized spacial score (nSPS) is 22.0. The third-order valence-electron chi connectivity index (χ3n) is 5.90. The second-order valence-electron chi connectivity index (χ2n) is 7.93. The summed E-state index contributed by atoms with van der Waals surface area (Å²) in [5, 5.41) is 8.50. The van der Waals surface area contributed by atoms with Crippen molar-refractivity contribution in [3.8, 4) is 11.5 Å². The van der Waals surface area contributed by atoms with E-state index in [0.717, 1.165) is 36.9 Å². The summed E-state index contributed by atoms with van der Waals surface area (Å²) in [6.07, 6.45) is 7.57. The summed E-state index contributed by atoms with van der Waals surface area (Å²) in [6, 6.07) is 0.164. The zero-order valence-corrected chi connectivity index (χ0v) is 16.8. The maximum absolute atomic E-state index is 12.9. The molecule has 1 aliphatic heterocycles. The van der Waals surface area contributed by atoms with Gasteiger partial charge in [-0.05, 0) is 26.2 Å². The van der Waals surface area contributed by atoms with Gasteiger partial charge in [0.05, 0.1) is 18.2 Å². The minimum absolute atomic E-state index is 0.134. The Labute approximate surface area is 168 Å². The molecule has 5 rings (SSSR count). The molecule has 4 heterocycles. The Morgan fingerprint density at radius 2 is 2.10 bits per heavy atom. The Hall–Kier alpha value is -2.97. The highest BCUT2D eigenvalue weighted by atomic mass is 16.5. The molecule has 2 atom stereocenters. The number of carbonyl (C=O) groups excluding carboxylic acids is 1. The molecule has 0 unspecified atom stereocenters. The fourth-order valence-corrected chi connectivity index (χ4v) is 4.16. The number of oxazole rings is 1. The molecule has 1 aliphatic carbocycles. The van der Waals surface area contributed by atoms with E-state index in [2.05, 4.69) is 27.1 Å². The van der Waals surface area contributed by atoms with E-state index in [-0.39, 0.29) is 17.9 Å². The molecule has 0 bridgehead atoms. The Kier molecular flexibility index (Phi) is 4.25. The van der Waals surface area contributed by atoms with Crippen molar-refractivity contribution < 1.29 is 13.7 Å². The van der Waals surface area contributed by atoms with Crippen molar-refractivity contribution in [1.29, 1.82) is 0 Å². The van der Waals surface area contributed by atoms with E-state index in [1.165, 1.54) is 0 Å². The van der Waals surface area contributed by atoms with Crippen molar-refractivity contribution in [3.63, 3.8) is 0 Å². The predicted molar refractivity (Wildman–Crippen MR) is 102 cm³/mol. The van der Waals surface area contributed by atoms with Crippen LogP contribution in [0.4, 0.5) is 0 Å². The molecular weight excluding hydrogens is 372 g/mol. The van der Waals surface area contributed by atoms with Crippen LogP contribution in [-0.4, -0.2) is 41.8 Å². The summed E-state index contributed by atoms with van der Waals surface area (Å²) >= 11 is 0. The number of aromatic nitrogens is 5. The topological polar surface area (TPSA) is 103 Å². The number of carbonyl (C=O) groups is 1. The van der Waals surface area contributed by atoms with Crippen molar-refractivity contribution in [1.82, 2.24) is 29.8 Å². The summed E-state index contributed by atoms with van der Waals surface area (Å²) in [4.78, 5) is 23.9. The number of likely N-dealkylation sites (tertiary alicyclic amines) is 1. The lowest BCUT2D eigenvalue weighted by atomic mass is 9.93. The fraction of sp³-hybridized carbons (Fsp3) is 0.550. The lowest BCUT2D eigenvalue weighted by Gasteiger charge is -2.27. The predicted octanol–water partition coefficient (Wildman–Crippen LogP) is 2.94. The van der Waals surface area contributed by atoms with Crippen LogP contribution in [0.2, 0.25) is 0 Å². The molecule has 1 saturated heterocycles. The molecule has 9 heteroatoms. The molecule has 2 aliphatic rings.